The van der Waals surface area contributed by atoms with Crippen molar-refractivity contribution >= 4 is 18.1 Å². The van der Waals surface area contributed by atoms with Gasteiger partial charge in [0.1, 0.15) is 17.0 Å². The molecule has 0 amide bonds. The Morgan fingerprint density at radius 1 is 1.21 bits per heavy atom. The molecule has 1 fully saturated rings. The third kappa shape index (κ3) is 3.54. The number of rotatable bonds is 3. The monoisotopic (exact) mass is 416 g/mol. The van der Waals surface area contributed by atoms with Crippen LogP contribution in [0.1, 0.15) is 24.5 Å². The van der Waals surface area contributed by atoms with Gasteiger partial charge in [-0.25, -0.2) is 8.91 Å². The Balaban J connectivity index is 0.00000205. The maximum Gasteiger partial charge on any atom is 0.263 e. The standard InChI is InChI=1S/C19H17FN6O2.ClH/c20-13-3-1-2-12(8-13)17-24-19(28-25-17)14-10-22-26-15(9-16(27)23-18(14)26)11-4-6-21-7-5-11;/h1-3,8-11,21H,4-7H2,(H,23,27);1H. The topological polar surface area (TPSA) is 101 Å². The molecule has 5 rings (SSSR count). The lowest BCUT2D eigenvalue weighted by Crippen LogP contribution is -2.28. The summed E-state index contributed by atoms with van der Waals surface area (Å²) in [7, 11) is 0. The van der Waals surface area contributed by atoms with E-state index in [-0.39, 0.29) is 41.4 Å². The highest BCUT2D eigenvalue weighted by atomic mass is 35.5. The van der Waals surface area contributed by atoms with E-state index in [1.165, 1.54) is 12.1 Å². The van der Waals surface area contributed by atoms with Crippen LogP contribution in [0.25, 0.3) is 28.5 Å². The Kier molecular flexibility index (Phi) is 5.16. The van der Waals surface area contributed by atoms with Gasteiger partial charge in [-0.3, -0.25) is 4.79 Å². The molecule has 3 aromatic heterocycles. The van der Waals surface area contributed by atoms with Crippen LogP contribution in [0.3, 0.4) is 0 Å². The molecule has 0 unspecified atom stereocenters. The molecule has 0 radical (unpaired) electrons. The number of benzene rings is 1. The van der Waals surface area contributed by atoms with E-state index in [2.05, 4.69) is 25.5 Å². The minimum atomic E-state index is -0.379. The molecular formula is C19H18ClFN6O2. The first kappa shape index (κ1) is 19.3. The van der Waals surface area contributed by atoms with E-state index >= 15 is 0 Å². The SMILES string of the molecule is Cl.O=c1cc(C2CCNCC2)n2ncc(-c3nc(-c4cccc(F)c4)no3)c2[nH]1. The predicted molar refractivity (Wildman–Crippen MR) is 107 cm³/mol. The van der Waals surface area contributed by atoms with Gasteiger partial charge in [0, 0.05) is 17.5 Å². The predicted octanol–water partition coefficient (Wildman–Crippen LogP) is 2.77. The zero-order chi connectivity index (χ0) is 19.1. The molecule has 4 aromatic rings. The molecule has 0 spiro atoms. The van der Waals surface area contributed by atoms with Crippen LogP contribution in [0.5, 0.6) is 0 Å². The van der Waals surface area contributed by atoms with E-state index in [9.17, 15) is 9.18 Å². The maximum absolute atomic E-state index is 13.5. The minimum absolute atomic E-state index is 0. The number of piperidine rings is 1. The van der Waals surface area contributed by atoms with E-state index in [0.29, 0.717) is 16.8 Å². The first-order valence-corrected chi connectivity index (χ1v) is 9.11. The van der Waals surface area contributed by atoms with Crippen LogP contribution in [0, 0.1) is 5.82 Å². The third-order valence-corrected chi connectivity index (χ3v) is 5.03. The fraction of sp³-hybridized carbons (Fsp3) is 0.263. The van der Waals surface area contributed by atoms with Crippen LogP contribution in [0.15, 0.2) is 45.8 Å². The highest BCUT2D eigenvalue weighted by molar-refractivity contribution is 5.85. The summed E-state index contributed by atoms with van der Waals surface area (Å²) in [5, 5.41) is 11.7. The second-order valence-corrected chi connectivity index (χ2v) is 6.83. The molecule has 1 saturated heterocycles. The number of H-pyrrole nitrogens is 1. The number of fused-ring (bicyclic) bond motifs is 1. The Labute approximate surface area is 170 Å². The smallest absolute Gasteiger partial charge is 0.263 e. The fourth-order valence-corrected chi connectivity index (χ4v) is 3.66. The van der Waals surface area contributed by atoms with Crippen LogP contribution >= 0.6 is 12.4 Å². The van der Waals surface area contributed by atoms with Crippen LogP contribution in [-0.2, 0) is 0 Å². The molecule has 1 aliphatic heterocycles. The van der Waals surface area contributed by atoms with E-state index in [4.69, 9.17) is 4.52 Å². The molecule has 0 atom stereocenters. The summed E-state index contributed by atoms with van der Waals surface area (Å²) < 4.78 is 20.6. The summed E-state index contributed by atoms with van der Waals surface area (Å²) in [4.78, 5) is 19.4. The van der Waals surface area contributed by atoms with Crippen molar-refractivity contribution in [3.05, 3.63) is 58.4 Å². The normalized spacial score (nSPS) is 14.8. The van der Waals surface area contributed by atoms with E-state index < -0.39 is 0 Å². The van der Waals surface area contributed by atoms with Crippen molar-refractivity contribution in [2.45, 2.75) is 18.8 Å². The van der Waals surface area contributed by atoms with Gasteiger partial charge >= 0.3 is 0 Å². The summed E-state index contributed by atoms with van der Waals surface area (Å²) in [5.41, 5.74) is 2.22. The maximum atomic E-state index is 13.5. The molecule has 2 N–H and O–H groups in total. The zero-order valence-electron chi connectivity index (χ0n) is 15.3. The van der Waals surface area contributed by atoms with Crippen molar-refractivity contribution in [3.63, 3.8) is 0 Å². The van der Waals surface area contributed by atoms with Crippen molar-refractivity contribution in [1.29, 1.82) is 0 Å². The van der Waals surface area contributed by atoms with E-state index in [1.807, 2.05) is 0 Å². The van der Waals surface area contributed by atoms with Gasteiger partial charge in [-0.1, -0.05) is 17.3 Å². The summed E-state index contributed by atoms with van der Waals surface area (Å²) >= 11 is 0. The second-order valence-electron chi connectivity index (χ2n) is 6.83. The van der Waals surface area contributed by atoms with Gasteiger partial charge in [0.05, 0.1) is 11.9 Å². The van der Waals surface area contributed by atoms with Crippen LogP contribution in [-0.4, -0.2) is 37.8 Å². The van der Waals surface area contributed by atoms with Crippen LogP contribution in [0.4, 0.5) is 4.39 Å². The van der Waals surface area contributed by atoms with Crippen molar-refractivity contribution in [2.75, 3.05) is 13.1 Å². The summed E-state index contributed by atoms with van der Waals surface area (Å²) in [6.45, 7) is 1.82. The number of hydrogen-bond donors (Lipinski definition) is 2. The number of nitrogens with one attached hydrogen (secondary N) is 2. The number of halogens is 2. The fourth-order valence-electron chi connectivity index (χ4n) is 3.66. The van der Waals surface area contributed by atoms with Crippen molar-refractivity contribution in [3.8, 4) is 22.8 Å². The first-order valence-electron chi connectivity index (χ1n) is 9.11. The number of aromatic amines is 1. The number of aromatic nitrogens is 5. The molecule has 1 aliphatic rings. The van der Waals surface area contributed by atoms with Gasteiger partial charge < -0.3 is 14.8 Å². The van der Waals surface area contributed by atoms with E-state index in [0.717, 1.165) is 31.6 Å². The van der Waals surface area contributed by atoms with Crippen molar-refractivity contribution in [2.24, 2.45) is 0 Å². The van der Waals surface area contributed by atoms with Crippen LogP contribution < -0.4 is 10.9 Å². The highest BCUT2D eigenvalue weighted by Gasteiger charge is 2.22. The van der Waals surface area contributed by atoms with E-state index in [1.54, 1.807) is 28.9 Å². The van der Waals surface area contributed by atoms with Crippen molar-refractivity contribution < 1.29 is 8.91 Å². The zero-order valence-corrected chi connectivity index (χ0v) is 16.1. The minimum Gasteiger partial charge on any atom is -0.333 e. The second kappa shape index (κ2) is 7.76. The molecule has 0 aliphatic carbocycles. The molecule has 10 heteroatoms. The van der Waals surface area contributed by atoms with Gasteiger partial charge in [0.15, 0.2) is 0 Å². The van der Waals surface area contributed by atoms with Gasteiger partial charge in [0.25, 0.3) is 11.4 Å². The average Bonchev–Trinajstić information content (AvgIpc) is 3.35. The first-order chi connectivity index (χ1) is 13.7. The molecule has 29 heavy (non-hydrogen) atoms. The lowest BCUT2D eigenvalue weighted by Gasteiger charge is -2.23. The lowest BCUT2D eigenvalue weighted by molar-refractivity contribution is 0.432. The van der Waals surface area contributed by atoms with Crippen LogP contribution in [0.2, 0.25) is 0 Å². The Hall–Kier alpha value is -3.04. The highest BCUT2D eigenvalue weighted by Crippen LogP contribution is 2.28. The van der Waals surface area contributed by atoms with Gasteiger partial charge in [-0.05, 0) is 38.1 Å². The molecule has 0 bridgehead atoms. The van der Waals surface area contributed by atoms with Gasteiger partial charge in [-0.2, -0.15) is 10.1 Å². The Morgan fingerprint density at radius 2 is 2.03 bits per heavy atom. The Bertz CT molecular complexity index is 1210. The largest absolute Gasteiger partial charge is 0.333 e. The molecule has 0 saturated carbocycles. The van der Waals surface area contributed by atoms with Gasteiger partial charge in [0.2, 0.25) is 5.82 Å². The quantitative estimate of drug-likeness (QED) is 0.532. The molecule has 150 valence electrons. The average molecular weight is 417 g/mol. The number of nitrogens with zero attached hydrogens (tertiary/aromatic N) is 4. The third-order valence-electron chi connectivity index (χ3n) is 5.03. The molecular weight excluding hydrogens is 399 g/mol. The number of hydrogen-bond acceptors (Lipinski definition) is 6. The molecule has 8 nitrogen and oxygen atoms in total. The summed E-state index contributed by atoms with van der Waals surface area (Å²) in [5.74, 6) is 0.359. The van der Waals surface area contributed by atoms with Gasteiger partial charge in [-0.15, -0.1) is 12.4 Å². The summed E-state index contributed by atoms with van der Waals surface area (Å²) in [6, 6.07) is 7.57. The summed E-state index contributed by atoms with van der Waals surface area (Å²) in [6.07, 6.45) is 3.48. The Morgan fingerprint density at radius 3 is 2.83 bits per heavy atom. The van der Waals surface area contributed by atoms with Crippen molar-refractivity contribution in [1.82, 2.24) is 30.1 Å². The molecule has 1 aromatic carbocycles. The lowest BCUT2D eigenvalue weighted by atomic mass is 9.94. The molecule has 4 heterocycles.